The summed E-state index contributed by atoms with van der Waals surface area (Å²) in [5.41, 5.74) is 0.515. The number of carbonyl (C=O) groups excluding carboxylic acids is 3. The first-order valence-electron chi connectivity index (χ1n) is 11.1. The molecule has 3 saturated carbocycles. The number of rotatable bonds is 2. The summed E-state index contributed by atoms with van der Waals surface area (Å²) in [5, 5.41) is 0. The van der Waals surface area contributed by atoms with Crippen LogP contribution in [0, 0.1) is 28.6 Å². The zero-order valence-corrected chi connectivity index (χ0v) is 18.4. The van der Waals surface area contributed by atoms with Crippen LogP contribution in [0.25, 0.3) is 0 Å². The van der Waals surface area contributed by atoms with Gasteiger partial charge in [0, 0.05) is 31.6 Å². The van der Waals surface area contributed by atoms with Crippen molar-refractivity contribution < 1.29 is 23.9 Å². The molecule has 0 aromatic carbocycles. The predicted octanol–water partition coefficient (Wildman–Crippen LogP) is 4.38. The molecule has 160 valence electrons. The van der Waals surface area contributed by atoms with Gasteiger partial charge >= 0.3 is 11.9 Å². The Labute approximate surface area is 173 Å². The number of hydrogen-bond donors (Lipinski definition) is 0. The second-order valence-corrected chi connectivity index (χ2v) is 10.5. The Balaban J connectivity index is 1.65. The lowest BCUT2D eigenvalue weighted by atomic mass is 9.46. The molecule has 5 heteroatoms. The molecule has 0 spiro atoms. The van der Waals surface area contributed by atoms with E-state index in [2.05, 4.69) is 20.8 Å². The smallest absolute Gasteiger partial charge is 0.303 e. The van der Waals surface area contributed by atoms with E-state index in [4.69, 9.17) is 9.47 Å². The van der Waals surface area contributed by atoms with Crippen molar-refractivity contribution in [1.29, 1.82) is 0 Å². The lowest BCUT2D eigenvalue weighted by Crippen LogP contribution is -2.57. The summed E-state index contributed by atoms with van der Waals surface area (Å²) in [6.07, 6.45) is 7.98. The second-order valence-electron chi connectivity index (χ2n) is 10.5. The number of carbonyl (C=O) groups is 3. The Bertz CT molecular complexity index is 784. The fraction of sp³-hybridized carbons (Fsp3) is 0.792. The Morgan fingerprint density at radius 2 is 1.66 bits per heavy atom. The van der Waals surface area contributed by atoms with Crippen LogP contribution in [-0.4, -0.2) is 29.4 Å². The zero-order chi connectivity index (χ0) is 21.2. The first kappa shape index (κ1) is 20.6. The van der Waals surface area contributed by atoms with Gasteiger partial charge in [0.05, 0.1) is 0 Å². The van der Waals surface area contributed by atoms with Crippen molar-refractivity contribution in [2.24, 2.45) is 28.6 Å². The zero-order valence-electron chi connectivity index (χ0n) is 18.4. The summed E-state index contributed by atoms with van der Waals surface area (Å²) >= 11 is 0. The van der Waals surface area contributed by atoms with Crippen LogP contribution in [0.4, 0.5) is 0 Å². The van der Waals surface area contributed by atoms with Gasteiger partial charge in [0.15, 0.2) is 5.78 Å². The highest BCUT2D eigenvalue weighted by atomic mass is 16.6. The van der Waals surface area contributed by atoms with E-state index in [-0.39, 0.29) is 46.5 Å². The first-order chi connectivity index (χ1) is 13.5. The maximum Gasteiger partial charge on any atom is 0.303 e. The average Bonchev–Trinajstić information content (AvgIpc) is 2.86. The lowest BCUT2D eigenvalue weighted by molar-refractivity contribution is -0.177. The quantitative estimate of drug-likeness (QED) is 0.641. The molecule has 0 saturated heterocycles. The molecule has 0 radical (unpaired) electrons. The van der Waals surface area contributed by atoms with Crippen LogP contribution in [0.3, 0.4) is 0 Å². The SMILES string of the molecule is CC(=O)OC1CCC2(C)C(=CC(=O)C3C2CCC2(C)C3CC[C@]2(C)OC(C)=O)C1. The molecular weight excluding hydrogens is 368 g/mol. The molecule has 0 heterocycles. The second kappa shape index (κ2) is 6.68. The summed E-state index contributed by atoms with van der Waals surface area (Å²) in [4.78, 5) is 36.6. The third-order valence-electron chi connectivity index (χ3n) is 9.13. The normalized spacial score (nSPS) is 46.1. The minimum atomic E-state index is -0.493. The monoisotopic (exact) mass is 402 g/mol. The van der Waals surface area contributed by atoms with Gasteiger partial charge in [0.1, 0.15) is 11.7 Å². The molecule has 0 aliphatic heterocycles. The fourth-order valence-electron chi connectivity index (χ4n) is 7.42. The Morgan fingerprint density at radius 3 is 2.31 bits per heavy atom. The van der Waals surface area contributed by atoms with Gasteiger partial charge in [0.25, 0.3) is 0 Å². The van der Waals surface area contributed by atoms with Crippen LogP contribution in [0.5, 0.6) is 0 Å². The van der Waals surface area contributed by atoms with E-state index in [1.54, 1.807) is 0 Å². The largest absolute Gasteiger partial charge is 0.462 e. The van der Waals surface area contributed by atoms with Gasteiger partial charge in [-0.1, -0.05) is 19.4 Å². The summed E-state index contributed by atoms with van der Waals surface area (Å²) < 4.78 is 11.3. The average molecular weight is 403 g/mol. The molecule has 4 aliphatic carbocycles. The number of allylic oxidation sites excluding steroid dienone is 1. The molecule has 3 fully saturated rings. The number of esters is 2. The van der Waals surface area contributed by atoms with Crippen molar-refractivity contribution in [3.8, 4) is 0 Å². The van der Waals surface area contributed by atoms with Crippen LogP contribution >= 0.6 is 0 Å². The van der Waals surface area contributed by atoms with E-state index in [0.29, 0.717) is 12.3 Å². The third-order valence-corrected chi connectivity index (χ3v) is 9.13. The number of fused-ring (bicyclic) bond motifs is 5. The molecule has 0 amide bonds. The first-order valence-corrected chi connectivity index (χ1v) is 11.1. The van der Waals surface area contributed by atoms with Crippen LogP contribution in [0.15, 0.2) is 11.6 Å². The standard InChI is InChI=1S/C24H34O5/c1-14(25)28-17-6-9-22(3)16(12-17)13-20(27)21-18(22)7-10-23(4)19(21)8-11-24(23,5)29-15(2)26/h13,17-19,21H,6-12H2,1-5H3/t17?,18?,19?,21?,22?,23?,24-/m0/s1. The van der Waals surface area contributed by atoms with Crippen molar-refractivity contribution in [1.82, 2.24) is 0 Å². The minimum Gasteiger partial charge on any atom is -0.462 e. The van der Waals surface area contributed by atoms with Crippen LogP contribution in [0.1, 0.15) is 79.6 Å². The van der Waals surface area contributed by atoms with Crippen LogP contribution < -0.4 is 0 Å². The molecule has 5 nitrogen and oxygen atoms in total. The highest BCUT2D eigenvalue weighted by Crippen LogP contribution is 2.67. The van der Waals surface area contributed by atoms with Gasteiger partial charge in [-0.2, -0.15) is 0 Å². The van der Waals surface area contributed by atoms with Crippen molar-refractivity contribution in [3.05, 3.63) is 11.6 Å². The molecule has 0 bridgehead atoms. The minimum absolute atomic E-state index is 0.00300. The molecule has 6 unspecified atom stereocenters. The van der Waals surface area contributed by atoms with Gasteiger partial charge in [0.2, 0.25) is 0 Å². The third kappa shape index (κ3) is 2.98. The van der Waals surface area contributed by atoms with Crippen molar-refractivity contribution in [3.63, 3.8) is 0 Å². The fourth-order valence-corrected chi connectivity index (χ4v) is 7.42. The predicted molar refractivity (Wildman–Crippen MR) is 108 cm³/mol. The van der Waals surface area contributed by atoms with Gasteiger partial charge in [-0.3, -0.25) is 14.4 Å². The maximum atomic E-state index is 13.4. The highest BCUT2D eigenvalue weighted by molar-refractivity contribution is 5.94. The van der Waals surface area contributed by atoms with Crippen LogP contribution in [0.2, 0.25) is 0 Å². The maximum absolute atomic E-state index is 13.4. The summed E-state index contributed by atoms with van der Waals surface area (Å²) in [6, 6.07) is 0. The van der Waals surface area contributed by atoms with E-state index >= 15 is 0 Å². The Hall–Kier alpha value is -1.65. The molecule has 4 rings (SSSR count). The van der Waals surface area contributed by atoms with Gasteiger partial charge in [-0.15, -0.1) is 0 Å². The Kier molecular flexibility index (Phi) is 4.75. The number of ketones is 1. The van der Waals surface area contributed by atoms with E-state index in [9.17, 15) is 14.4 Å². The summed E-state index contributed by atoms with van der Waals surface area (Å²) in [5.74, 6) is 0.330. The van der Waals surface area contributed by atoms with Crippen molar-refractivity contribution >= 4 is 17.7 Å². The van der Waals surface area contributed by atoms with Crippen molar-refractivity contribution in [2.45, 2.75) is 91.3 Å². The molecule has 0 aromatic rings. The summed E-state index contributed by atoms with van der Waals surface area (Å²) in [6.45, 7) is 9.55. The number of ether oxygens (including phenoxy) is 2. The van der Waals surface area contributed by atoms with Crippen LogP contribution in [-0.2, 0) is 23.9 Å². The van der Waals surface area contributed by atoms with E-state index in [1.807, 2.05) is 6.08 Å². The molecule has 4 aliphatic rings. The molecule has 0 aromatic heterocycles. The summed E-state index contributed by atoms with van der Waals surface area (Å²) in [7, 11) is 0. The molecular formula is C24H34O5. The van der Waals surface area contributed by atoms with Gasteiger partial charge < -0.3 is 9.47 Å². The number of hydrogen-bond acceptors (Lipinski definition) is 5. The molecule has 29 heavy (non-hydrogen) atoms. The van der Waals surface area contributed by atoms with E-state index < -0.39 is 5.60 Å². The highest BCUT2D eigenvalue weighted by Gasteiger charge is 2.65. The molecule has 0 N–H and O–H groups in total. The molecule has 7 atom stereocenters. The van der Waals surface area contributed by atoms with E-state index in [1.165, 1.54) is 19.4 Å². The lowest BCUT2D eigenvalue weighted by Gasteiger charge is -2.58. The van der Waals surface area contributed by atoms with E-state index in [0.717, 1.165) is 38.5 Å². The Morgan fingerprint density at radius 1 is 0.966 bits per heavy atom. The topological polar surface area (TPSA) is 69.7 Å². The van der Waals surface area contributed by atoms with Crippen molar-refractivity contribution in [2.75, 3.05) is 0 Å². The van der Waals surface area contributed by atoms with Gasteiger partial charge in [-0.25, -0.2) is 0 Å². The van der Waals surface area contributed by atoms with Gasteiger partial charge in [-0.05, 0) is 68.8 Å².